The predicted molar refractivity (Wildman–Crippen MR) is 55.7 cm³/mol. The number of hydrogen-bond acceptors (Lipinski definition) is 2. The van der Waals surface area contributed by atoms with Gasteiger partial charge in [0.2, 0.25) is 0 Å². The van der Waals surface area contributed by atoms with Gasteiger partial charge in [-0.05, 0) is 24.0 Å². The largest absolute Gasteiger partial charge is 0.433 e. The summed E-state index contributed by atoms with van der Waals surface area (Å²) in [5, 5.41) is 0. The third-order valence-electron chi connectivity index (χ3n) is 2.85. The summed E-state index contributed by atoms with van der Waals surface area (Å²) in [5.74, 6) is -0.127. The third-order valence-corrected chi connectivity index (χ3v) is 2.85. The van der Waals surface area contributed by atoms with Crippen LogP contribution < -0.4 is 0 Å². The number of aromatic nitrogens is 1. The number of rotatable bonds is 0. The first kappa shape index (κ1) is 12.1. The molecule has 2 nitrogen and oxygen atoms in total. The van der Waals surface area contributed by atoms with Gasteiger partial charge in [-0.1, -0.05) is 13.8 Å². The van der Waals surface area contributed by atoms with Crippen molar-refractivity contribution >= 4 is 5.78 Å². The highest BCUT2D eigenvalue weighted by atomic mass is 19.4. The molecule has 92 valence electrons. The number of alkyl halides is 3. The smallest absolute Gasteiger partial charge is 0.294 e. The molecule has 0 saturated carbocycles. The van der Waals surface area contributed by atoms with Crippen LogP contribution in [0.4, 0.5) is 13.2 Å². The van der Waals surface area contributed by atoms with Crippen LogP contribution in [0.15, 0.2) is 12.1 Å². The van der Waals surface area contributed by atoms with E-state index in [4.69, 9.17) is 0 Å². The molecule has 1 aliphatic rings. The minimum absolute atomic E-state index is 0.127. The second-order valence-corrected chi connectivity index (χ2v) is 5.13. The van der Waals surface area contributed by atoms with Crippen LogP contribution in [0.1, 0.15) is 42.0 Å². The van der Waals surface area contributed by atoms with Crippen LogP contribution in [-0.4, -0.2) is 10.8 Å². The number of ketones is 1. The summed E-state index contributed by atoms with van der Waals surface area (Å²) in [7, 11) is 0. The molecule has 1 aromatic heterocycles. The van der Waals surface area contributed by atoms with Gasteiger partial charge in [-0.2, -0.15) is 13.2 Å². The Morgan fingerprint density at radius 1 is 1.24 bits per heavy atom. The van der Waals surface area contributed by atoms with Gasteiger partial charge >= 0.3 is 6.18 Å². The van der Waals surface area contributed by atoms with E-state index in [1.807, 2.05) is 13.8 Å². The molecule has 0 unspecified atom stereocenters. The van der Waals surface area contributed by atoms with Crippen LogP contribution in [0, 0.1) is 5.41 Å². The number of halogens is 3. The van der Waals surface area contributed by atoms with Crippen molar-refractivity contribution in [1.82, 2.24) is 4.98 Å². The first-order valence-corrected chi connectivity index (χ1v) is 5.29. The molecule has 1 aliphatic carbocycles. The quantitative estimate of drug-likeness (QED) is 0.700. The maximum absolute atomic E-state index is 12.5. The molecule has 0 amide bonds. The lowest BCUT2D eigenvalue weighted by Gasteiger charge is -2.29. The van der Waals surface area contributed by atoms with Crippen molar-refractivity contribution in [3.8, 4) is 0 Å². The van der Waals surface area contributed by atoms with Gasteiger partial charge < -0.3 is 0 Å². The summed E-state index contributed by atoms with van der Waals surface area (Å²) in [5.41, 5.74) is -0.651. The summed E-state index contributed by atoms with van der Waals surface area (Å²) in [6.45, 7) is 3.71. The van der Waals surface area contributed by atoms with E-state index in [0.29, 0.717) is 18.4 Å². The van der Waals surface area contributed by atoms with E-state index in [2.05, 4.69) is 4.98 Å². The van der Waals surface area contributed by atoms with Gasteiger partial charge in [-0.25, -0.2) is 4.98 Å². The van der Waals surface area contributed by atoms with Gasteiger partial charge in [0, 0.05) is 12.0 Å². The van der Waals surface area contributed by atoms with Gasteiger partial charge in [-0.15, -0.1) is 0 Å². The Labute approximate surface area is 96.9 Å². The van der Waals surface area contributed by atoms with Crippen molar-refractivity contribution in [2.75, 3.05) is 0 Å². The SMILES string of the molecule is CC1(C)CC(=O)c2ccc(C(F)(F)F)nc2C1. The van der Waals surface area contributed by atoms with E-state index in [-0.39, 0.29) is 16.9 Å². The molecule has 0 atom stereocenters. The summed E-state index contributed by atoms with van der Waals surface area (Å²) < 4.78 is 37.5. The van der Waals surface area contributed by atoms with Gasteiger partial charge in [0.1, 0.15) is 5.69 Å². The molecule has 1 heterocycles. The molecule has 0 saturated heterocycles. The molecule has 17 heavy (non-hydrogen) atoms. The Balaban J connectivity index is 2.49. The minimum atomic E-state index is -4.46. The average molecular weight is 243 g/mol. The van der Waals surface area contributed by atoms with Crippen LogP contribution in [-0.2, 0) is 12.6 Å². The topological polar surface area (TPSA) is 30.0 Å². The molecule has 2 rings (SSSR count). The highest BCUT2D eigenvalue weighted by molar-refractivity contribution is 5.98. The fourth-order valence-electron chi connectivity index (χ4n) is 2.09. The van der Waals surface area contributed by atoms with Crippen molar-refractivity contribution in [3.63, 3.8) is 0 Å². The normalized spacial score (nSPS) is 19.0. The molecule has 0 bridgehead atoms. The summed E-state index contributed by atoms with van der Waals surface area (Å²) in [4.78, 5) is 15.3. The standard InChI is InChI=1S/C12H12F3NO/c1-11(2)5-8-7(9(17)6-11)3-4-10(16-8)12(13,14)15/h3-4H,5-6H2,1-2H3. The summed E-state index contributed by atoms with van der Waals surface area (Å²) in [6.07, 6.45) is -3.70. The molecule has 1 aromatic rings. The second-order valence-electron chi connectivity index (χ2n) is 5.13. The predicted octanol–water partition coefficient (Wildman–Crippen LogP) is 3.26. The minimum Gasteiger partial charge on any atom is -0.294 e. The summed E-state index contributed by atoms with van der Waals surface area (Å²) >= 11 is 0. The molecular weight excluding hydrogens is 231 g/mol. The zero-order chi connectivity index (χ0) is 12.8. The lowest BCUT2D eigenvalue weighted by molar-refractivity contribution is -0.141. The molecule has 0 N–H and O–H groups in total. The Bertz CT molecular complexity index is 477. The highest BCUT2D eigenvalue weighted by Gasteiger charge is 2.36. The number of fused-ring (bicyclic) bond motifs is 1. The number of Topliss-reactive ketones (excluding diaryl/α,β-unsaturated/α-hetero) is 1. The zero-order valence-corrected chi connectivity index (χ0v) is 9.56. The van der Waals surface area contributed by atoms with Crippen molar-refractivity contribution in [3.05, 3.63) is 29.1 Å². The number of nitrogens with zero attached hydrogens (tertiary/aromatic N) is 1. The molecule has 0 radical (unpaired) electrons. The van der Waals surface area contributed by atoms with E-state index in [1.165, 1.54) is 6.07 Å². The van der Waals surface area contributed by atoms with Crippen molar-refractivity contribution in [1.29, 1.82) is 0 Å². The number of carbonyl (C=O) groups excluding carboxylic acids is 1. The molecule has 0 aliphatic heterocycles. The van der Waals surface area contributed by atoms with E-state index < -0.39 is 11.9 Å². The van der Waals surface area contributed by atoms with Crippen molar-refractivity contribution in [2.24, 2.45) is 5.41 Å². The number of hydrogen-bond donors (Lipinski definition) is 0. The van der Waals surface area contributed by atoms with Crippen LogP contribution >= 0.6 is 0 Å². The van der Waals surface area contributed by atoms with E-state index in [0.717, 1.165) is 6.07 Å². The molecule has 0 fully saturated rings. The molecule has 0 spiro atoms. The first-order chi connectivity index (χ1) is 7.69. The number of pyridine rings is 1. The Morgan fingerprint density at radius 2 is 1.88 bits per heavy atom. The van der Waals surface area contributed by atoms with E-state index >= 15 is 0 Å². The fraction of sp³-hybridized carbons (Fsp3) is 0.500. The third kappa shape index (κ3) is 2.33. The van der Waals surface area contributed by atoms with Crippen LogP contribution in [0.5, 0.6) is 0 Å². The average Bonchev–Trinajstić information content (AvgIpc) is 2.13. The molecule has 5 heteroatoms. The Morgan fingerprint density at radius 3 is 2.47 bits per heavy atom. The fourth-order valence-corrected chi connectivity index (χ4v) is 2.09. The first-order valence-electron chi connectivity index (χ1n) is 5.29. The van der Waals surface area contributed by atoms with Gasteiger partial charge in [0.05, 0.1) is 5.69 Å². The zero-order valence-electron chi connectivity index (χ0n) is 9.56. The van der Waals surface area contributed by atoms with Crippen LogP contribution in [0.2, 0.25) is 0 Å². The monoisotopic (exact) mass is 243 g/mol. The molecular formula is C12H12F3NO. The van der Waals surface area contributed by atoms with E-state index in [9.17, 15) is 18.0 Å². The molecule has 0 aromatic carbocycles. The van der Waals surface area contributed by atoms with Gasteiger partial charge in [0.25, 0.3) is 0 Å². The van der Waals surface area contributed by atoms with E-state index in [1.54, 1.807) is 0 Å². The van der Waals surface area contributed by atoms with Gasteiger partial charge in [-0.3, -0.25) is 4.79 Å². The maximum atomic E-state index is 12.5. The highest BCUT2D eigenvalue weighted by Crippen LogP contribution is 2.36. The summed E-state index contributed by atoms with van der Waals surface area (Å²) in [6, 6.07) is 2.11. The lowest BCUT2D eigenvalue weighted by Crippen LogP contribution is -2.28. The lowest BCUT2D eigenvalue weighted by atomic mass is 9.75. The maximum Gasteiger partial charge on any atom is 0.433 e. The van der Waals surface area contributed by atoms with Gasteiger partial charge in [0.15, 0.2) is 5.78 Å². The second kappa shape index (κ2) is 3.55. The Kier molecular flexibility index (Phi) is 2.52. The van der Waals surface area contributed by atoms with Crippen molar-refractivity contribution < 1.29 is 18.0 Å². The van der Waals surface area contributed by atoms with Crippen LogP contribution in [0.25, 0.3) is 0 Å². The van der Waals surface area contributed by atoms with Crippen molar-refractivity contribution in [2.45, 2.75) is 32.9 Å². The Hall–Kier alpha value is -1.39. The van der Waals surface area contributed by atoms with Crippen LogP contribution in [0.3, 0.4) is 0 Å². The number of carbonyl (C=O) groups is 1.